The highest BCUT2D eigenvalue weighted by molar-refractivity contribution is 7.13. The Kier molecular flexibility index (Phi) is 14.9. The summed E-state index contributed by atoms with van der Waals surface area (Å²) >= 11 is 1.42. The lowest BCUT2D eigenvalue weighted by molar-refractivity contribution is -0.144. The lowest BCUT2D eigenvalue weighted by atomic mass is 10.1. The first kappa shape index (κ1) is 46.0. The molecular formula is C46H41ClF6N2O5S2. The topological polar surface area (TPSA) is 77.1 Å². The fourth-order valence-corrected chi connectivity index (χ4v) is 9.01. The molecule has 2 aliphatic rings. The van der Waals surface area contributed by atoms with Crippen molar-refractivity contribution in [3.05, 3.63) is 140 Å². The number of anilines is 2. The third-order valence-corrected chi connectivity index (χ3v) is 12.2. The molecule has 0 bridgehead atoms. The zero-order valence-electron chi connectivity index (χ0n) is 33.2. The first-order chi connectivity index (χ1) is 29.3. The maximum absolute atomic E-state index is 13.6. The van der Waals surface area contributed by atoms with E-state index < -0.39 is 28.1 Å². The van der Waals surface area contributed by atoms with Gasteiger partial charge in [-0.2, -0.15) is 26.3 Å². The van der Waals surface area contributed by atoms with Crippen LogP contribution in [-0.2, 0) is 52.7 Å². The number of nitrogens with one attached hydrogen (secondary N) is 1. The standard InChI is InChI=1S/C26H24F3NO4S.C20H16F3NOS.ClH/c1-2-33-24(32)11-10-23(31)30-13-12-18-14-19(8-9-22(18)30)34-16-20-15-21(17-6-4-3-5-7-17)25(35-20)26(27,28)29;21-20(22,23)19-17(13-4-2-1-3-5-13)11-16(26-19)12-25-15-6-7-18-14(10-15)8-9-24-18;/h3-9,14-15H,2,10-13,16H2,1H3;1-7,10-11,24H,8-9,12H2;1H. The smallest absolute Gasteiger partial charge is 0.426 e. The second kappa shape index (κ2) is 20.1. The van der Waals surface area contributed by atoms with Crippen molar-refractivity contribution in [1.82, 2.24) is 0 Å². The summed E-state index contributed by atoms with van der Waals surface area (Å²) in [6.45, 7) is 3.51. The van der Waals surface area contributed by atoms with Crippen LogP contribution in [0.4, 0.5) is 37.7 Å². The maximum Gasteiger partial charge on any atom is 0.426 e. The molecule has 4 aromatic carbocycles. The van der Waals surface area contributed by atoms with E-state index in [0.29, 0.717) is 56.7 Å². The second-order valence-corrected chi connectivity index (χ2v) is 16.4. The summed E-state index contributed by atoms with van der Waals surface area (Å²) in [4.78, 5) is 25.5. The molecule has 0 saturated carbocycles. The van der Waals surface area contributed by atoms with E-state index in [4.69, 9.17) is 14.2 Å². The summed E-state index contributed by atoms with van der Waals surface area (Å²) in [6.07, 6.45) is -7.17. The average Bonchev–Trinajstić information content (AvgIpc) is 4.07. The molecule has 16 heteroatoms. The van der Waals surface area contributed by atoms with Gasteiger partial charge in [0.05, 0.1) is 13.0 Å². The van der Waals surface area contributed by atoms with E-state index in [1.54, 1.807) is 90.7 Å². The Morgan fingerprint density at radius 2 is 1.21 bits per heavy atom. The molecule has 326 valence electrons. The van der Waals surface area contributed by atoms with Gasteiger partial charge in [0.1, 0.15) is 34.5 Å². The Bertz CT molecular complexity index is 2470. The van der Waals surface area contributed by atoms with Gasteiger partial charge in [0.2, 0.25) is 5.91 Å². The van der Waals surface area contributed by atoms with Crippen molar-refractivity contribution in [1.29, 1.82) is 0 Å². The zero-order chi connectivity index (χ0) is 43.1. The van der Waals surface area contributed by atoms with E-state index >= 15 is 0 Å². The van der Waals surface area contributed by atoms with Crippen LogP contribution in [0.25, 0.3) is 22.3 Å². The number of esters is 1. The number of ether oxygens (including phenoxy) is 3. The third kappa shape index (κ3) is 11.3. The minimum Gasteiger partial charge on any atom is -0.488 e. The molecule has 7 nitrogen and oxygen atoms in total. The monoisotopic (exact) mass is 914 g/mol. The van der Waals surface area contributed by atoms with Crippen molar-refractivity contribution in [3.8, 4) is 33.8 Å². The molecule has 0 radical (unpaired) electrons. The number of halogens is 7. The van der Waals surface area contributed by atoms with Crippen LogP contribution in [0.15, 0.2) is 109 Å². The number of amides is 1. The highest BCUT2D eigenvalue weighted by Gasteiger charge is 2.37. The number of hydrogen-bond acceptors (Lipinski definition) is 8. The first-order valence-electron chi connectivity index (χ1n) is 19.5. The van der Waals surface area contributed by atoms with Gasteiger partial charge in [0.15, 0.2) is 0 Å². The normalized spacial score (nSPS) is 12.9. The molecule has 0 spiro atoms. The number of rotatable bonds is 12. The highest BCUT2D eigenvalue weighted by atomic mass is 35.5. The Hall–Kier alpha value is -5.51. The number of hydrogen-bond donors (Lipinski definition) is 1. The molecule has 2 aromatic heterocycles. The predicted octanol–water partition coefficient (Wildman–Crippen LogP) is 12.6. The maximum atomic E-state index is 13.6. The van der Waals surface area contributed by atoms with Crippen molar-refractivity contribution < 1.29 is 50.1 Å². The molecule has 4 heterocycles. The number of fused-ring (bicyclic) bond motifs is 2. The molecule has 0 aliphatic carbocycles. The van der Waals surface area contributed by atoms with Crippen LogP contribution in [0.3, 0.4) is 0 Å². The number of carbonyl (C=O) groups is 2. The van der Waals surface area contributed by atoms with Gasteiger partial charge >= 0.3 is 18.3 Å². The van der Waals surface area contributed by atoms with Crippen molar-refractivity contribution in [2.45, 2.75) is 58.2 Å². The van der Waals surface area contributed by atoms with Gasteiger partial charge in [-0.25, -0.2) is 0 Å². The number of thiophene rings is 2. The van der Waals surface area contributed by atoms with E-state index in [1.165, 1.54) is 11.6 Å². The van der Waals surface area contributed by atoms with Crippen LogP contribution in [0.2, 0.25) is 0 Å². The van der Waals surface area contributed by atoms with Crippen LogP contribution in [0, 0.1) is 0 Å². The molecule has 0 saturated heterocycles. The Morgan fingerprint density at radius 1 is 0.677 bits per heavy atom. The number of alkyl halides is 6. The van der Waals surface area contributed by atoms with Gasteiger partial charge in [-0.1, -0.05) is 60.7 Å². The van der Waals surface area contributed by atoms with Crippen molar-refractivity contribution in [2.75, 3.05) is 29.9 Å². The van der Waals surface area contributed by atoms with Crippen molar-refractivity contribution in [2.24, 2.45) is 0 Å². The average molecular weight is 915 g/mol. The lowest BCUT2D eigenvalue weighted by Crippen LogP contribution is -2.29. The Balaban J connectivity index is 0.000000212. The summed E-state index contributed by atoms with van der Waals surface area (Å²) in [5.41, 5.74) is 5.37. The van der Waals surface area contributed by atoms with Crippen LogP contribution in [0.1, 0.15) is 50.4 Å². The molecule has 2 aliphatic heterocycles. The third-order valence-electron chi connectivity index (χ3n) is 9.90. The van der Waals surface area contributed by atoms with E-state index in [2.05, 4.69) is 5.32 Å². The fourth-order valence-electron chi connectivity index (χ4n) is 7.10. The molecular weight excluding hydrogens is 874 g/mol. The van der Waals surface area contributed by atoms with Crippen LogP contribution in [-0.4, -0.2) is 31.6 Å². The van der Waals surface area contributed by atoms with Crippen molar-refractivity contribution in [3.63, 3.8) is 0 Å². The minimum atomic E-state index is -4.45. The quantitative estimate of drug-likeness (QED) is 0.0973. The molecule has 1 amide bonds. The molecule has 0 atom stereocenters. The molecule has 6 aromatic rings. The fraction of sp³-hybridized carbons (Fsp3) is 0.261. The number of carbonyl (C=O) groups excluding carboxylic acids is 2. The van der Waals surface area contributed by atoms with Crippen molar-refractivity contribution >= 4 is 58.3 Å². The summed E-state index contributed by atoms with van der Waals surface area (Å²) < 4.78 is 97.5. The van der Waals surface area contributed by atoms with Crippen LogP contribution < -0.4 is 19.7 Å². The number of benzene rings is 4. The summed E-state index contributed by atoms with van der Waals surface area (Å²) in [5.74, 6) is 0.641. The Labute approximate surface area is 368 Å². The van der Waals surface area contributed by atoms with E-state index in [9.17, 15) is 35.9 Å². The molecule has 62 heavy (non-hydrogen) atoms. The number of nitrogens with zero attached hydrogens (tertiary/aromatic N) is 1. The first-order valence-corrected chi connectivity index (χ1v) is 21.1. The molecule has 8 rings (SSSR count). The van der Waals surface area contributed by atoms with Gasteiger partial charge in [0, 0.05) is 51.8 Å². The van der Waals surface area contributed by atoms with Gasteiger partial charge in [0.25, 0.3) is 0 Å². The minimum absolute atomic E-state index is 0. The molecule has 0 unspecified atom stereocenters. The van der Waals surface area contributed by atoms with Gasteiger partial charge in [-0.15, -0.1) is 35.1 Å². The summed E-state index contributed by atoms with van der Waals surface area (Å²) in [6, 6.07) is 31.3. The van der Waals surface area contributed by atoms with Gasteiger partial charge in [-0.3, -0.25) is 9.59 Å². The zero-order valence-corrected chi connectivity index (χ0v) is 35.7. The summed E-state index contributed by atoms with van der Waals surface area (Å²) in [5, 5.41) is 3.27. The predicted molar refractivity (Wildman–Crippen MR) is 232 cm³/mol. The lowest BCUT2D eigenvalue weighted by Gasteiger charge is -2.17. The largest absolute Gasteiger partial charge is 0.488 e. The summed E-state index contributed by atoms with van der Waals surface area (Å²) in [7, 11) is 0. The van der Waals surface area contributed by atoms with E-state index in [0.717, 1.165) is 41.2 Å². The molecule has 0 fully saturated rings. The van der Waals surface area contributed by atoms with Crippen LogP contribution in [0.5, 0.6) is 11.5 Å². The Morgan fingerprint density at radius 3 is 1.74 bits per heavy atom. The van der Waals surface area contributed by atoms with Gasteiger partial charge in [-0.05, 0) is 90.6 Å². The van der Waals surface area contributed by atoms with E-state index in [1.807, 2.05) is 24.3 Å². The van der Waals surface area contributed by atoms with Gasteiger partial charge < -0.3 is 24.4 Å². The highest BCUT2D eigenvalue weighted by Crippen LogP contribution is 2.44. The SMILES string of the molecule is CCOC(=O)CCC(=O)N1CCc2cc(OCc3cc(-c4ccccc4)c(C(F)(F)F)s3)ccc21.Cl.FC(F)(F)c1sc(COc2ccc3c(c2)CCN3)cc1-c1ccccc1. The molecule has 1 N–H and O–H groups in total. The van der Waals surface area contributed by atoms with Crippen LogP contribution >= 0.6 is 35.1 Å². The van der Waals surface area contributed by atoms with E-state index in [-0.39, 0.29) is 62.1 Å². The second-order valence-electron chi connectivity index (χ2n) is 14.1.